The summed E-state index contributed by atoms with van der Waals surface area (Å²) < 4.78 is 1.16. The van der Waals surface area contributed by atoms with Gasteiger partial charge in [-0.2, -0.15) is 5.26 Å². The van der Waals surface area contributed by atoms with Crippen molar-refractivity contribution in [1.29, 1.82) is 5.26 Å². The van der Waals surface area contributed by atoms with Crippen LogP contribution in [0, 0.1) is 10.7 Å². The molecule has 0 aliphatic carbocycles. The summed E-state index contributed by atoms with van der Waals surface area (Å²) >= 11 is 1.01. The van der Waals surface area contributed by atoms with Crippen LogP contribution in [0.15, 0.2) is 41.8 Å². The first-order valence-electron chi connectivity index (χ1n) is 5.32. The average Bonchev–Trinajstić information content (AvgIpc) is 2.94. The first-order valence-corrected chi connectivity index (χ1v) is 6.13. The van der Waals surface area contributed by atoms with Crippen molar-refractivity contribution < 1.29 is 9.59 Å². The molecule has 0 atom stereocenters. The normalized spacial score (nSPS) is 9.55. The first kappa shape index (κ1) is 13.6. The van der Waals surface area contributed by atoms with E-state index in [4.69, 9.17) is 5.26 Å². The molecule has 20 heavy (non-hydrogen) atoms. The third-order valence-corrected chi connectivity index (χ3v) is 2.73. The number of thioether (sulfide) groups is 1. The molecule has 1 aromatic heterocycles. The fraction of sp³-hybridized carbons (Fsp3) is 0. The zero-order chi connectivity index (χ0) is 14.4. The van der Waals surface area contributed by atoms with E-state index in [2.05, 4.69) is 20.9 Å². The van der Waals surface area contributed by atoms with Crippen LogP contribution in [-0.4, -0.2) is 26.7 Å². The quantitative estimate of drug-likeness (QED) is 0.485. The maximum Gasteiger partial charge on any atom is 0.328 e. The molecule has 0 aliphatic heterocycles. The van der Waals surface area contributed by atoms with Crippen molar-refractivity contribution in [3.8, 4) is 5.40 Å². The van der Waals surface area contributed by atoms with Crippen molar-refractivity contribution in [2.45, 2.75) is 4.90 Å². The molecule has 100 valence electrons. The fourth-order valence-corrected chi connectivity index (χ4v) is 1.65. The molecule has 8 nitrogen and oxygen atoms in total. The Morgan fingerprint density at radius 1 is 1.15 bits per heavy atom. The third kappa shape index (κ3) is 3.56. The molecular formula is C11H8N6O2S. The molecule has 2 rings (SSSR count). The predicted octanol–water partition coefficient (Wildman–Crippen LogP) is 0.560. The number of anilines is 1. The van der Waals surface area contributed by atoms with Crippen molar-refractivity contribution in [3.63, 3.8) is 0 Å². The second kappa shape index (κ2) is 6.35. The zero-order valence-corrected chi connectivity index (χ0v) is 10.8. The van der Waals surface area contributed by atoms with Crippen molar-refractivity contribution in [2.24, 2.45) is 0 Å². The molecule has 0 unspecified atom stereocenters. The summed E-state index contributed by atoms with van der Waals surface area (Å²) in [6.07, 6.45) is 2.50. The van der Waals surface area contributed by atoms with Gasteiger partial charge in [0.2, 0.25) is 0 Å². The van der Waals surface area contributed by atoms with Gasteiger partial charge in [0.25, 0.3) is 0 Å². The molecule has 1 heterocycles. The number of aromatic nitrogens is 3. The molecule has 2 N–H and O–H groups in total. The Labute approximate surface area is 117 Å². The number of nitrogens with one attached hydrogen (secondary N) is 2. The lowest BCUT2D eigenvalue weighted by molar-refractivity contribution is -0.133. The van der Waals surface area contributed by atoms with Crippen LogP contribution in [0.2, 0.25) is 0 Å². The number of hydrogen-bond donors (Lipinski definition) is 2. The number of hydrogen-bond acceptors (Lipinski definition) is 6. The van der Waals surface area contributed by atoms with E-state index < -0.39 is 11.8 Å². The lowest BCUT2D eigenvalue weighted by atomic mass is 10.3. The summed E-state index contributed by atoms with van der Waals surface area (Å²) in [5.74, 6) is -1.67. The van der Waals surface area contributed by atoms with Gasteiger partial charge in [-0.3, -0.25) is 15.0 Å². The molecule has 0 aliphatic rings. The van der Waals surface area contributed by atoms with Gasteiger partial charge in [0.1, 0.15) is 18.1 Å². The van der Waals surface area contributed by atoms with Gasteiger partial charge in [0.15, 0.2) is 0 Å². The van der Waals surface area contributed by atoms with Crippen molar-refractivity contribution in [2.75, 3.05) is 10.7 Å². The topological polar surface area (TPSA) is 113 Å². The second-order valence-corrected chi connectivity index (χ2v) is 4.34. The first-order chi connectivity index (χ1) is 9.69. The van der Waals surface area contributed by atoms with E-state index in [9.17, 15) is 9.59 Å². The lowest BCUT2D eigenvalue weighted by Crippen LogP contribution is -2.33. The van der Waals surface area contributed by atoms with Gasteiger partial charge in [-0.05, 0) is 36.0 Å². The third-order valence-electron chi connectivity index (χ3n) is 2.13. The van der Waals surface area contributed by atoms with Crippen molar-refractivity contribution >= 4 is 29.3 Å². The van der Waals surface area contributed by atoms with E-state index in [1.54, 1.807) is 24.3 Å². The minimum atomic E-state index is -0.847. The van der Waals surface area contributed by atoms with Crippen LogP contribution in [0.5, 0.6) is 0 Å². The van der Waals surface area contributed by atoms with E-state index in [0.717, 1.165) is 21.3 Å². The Morgan fingerprint density at radius 3 is 2.40 bits per heavy atom. The van der Waals surface area contributed by atoms with E-state index in [1.165, 1.54) is 12.7 Å². The van der Waals surface area contributed by atoms with Crippen LogP contribution in [0.3, 0.4) is 0 Å². The second-order valence-electron chi connectivity index (χ2n) is 3.48. The van der Waals surface area contributed by atoms with Crippen molar-refractivity contribution in [3.05, 3.63) is 36.9 Å². The number of rotatable bonds is 3. The van der Waals surface area contributed by atoms with E-state index in [1.807, 2.05) is 5.40 Å². The molecule has 0 fully saturated rings. The minimum Gasteiger partial charge on any atom is -0.318 e. The molecule has 9 heteroatoms. The molecule has 0 spiro atoms. The summed E-state index contributed by atoms with van der Waals surface area (Å²) in [7, 11) is 0. The van der Waals surface area contributed by atoms with Crippen LogP contribution in [-0.2, 0) is 9.59 Å². The highest BCUT2D eigenvalue weighted by atomic mass is 32.2. The molecule has 1 aromatic carbocycles. The smallest absolute Gasteiger partial charge is 0.318 e. The average molecular weight is 288 g/mol. The number of carbonyl (C=O) groups excluding carboxylic acids is 2. The number of benzene rings is 1. The number of nitriles is 1. The molecule has 0 bridgehead atoms. The van der Waals surface area contributed by atoms with Gasteiger partial charge in [0, 0.05) is 10.6 Å². The highest BCUT2D eigenvalue weighted by molar-refractivity contribution is 8.03. The van der Waals surface area contributed by atoms with Crippen LogP contribution in [0.25, 0.3) is 0 Å². The summed E-state index contributed by atoms with van der Waals surface area (Å²) in [5.41, 5.74) is 2.72. The van der Waals surface area contributed by atoms with Crippen LogP contribution < -0.4 is 10.7 Å². The largest absolute Gasteiger partial charge is 0.328 e. The predicted molar refractivity (Wildman–Crippen MR) is 70.9 cm³/mol. The van der Waals surface area contributed by atoms with Crippen molar-refractivity contribution in [1.82, 2.24) is 14.9 Å². The van der Waals surface area contributed by atoms with Crippen LogP contribution >= 0.6 is 11.8 Å². The summed E-state index contributed by atoms with van der Waals surface area (Å²) in [5, 5.41) is 19.8. The van der Waals surface area contributed by atoms with E-state index >= 15 is 0 Å². The monoisotopic (exact) mass is 288 g/mol. The zero-order valence-electron chi connectivity index (χ0n) is 9.98. The Balaban J connectivity index is 1.93. The van der Waals surface area contributed by atoms with Gasteiger partial charge in [0.05, 0.1) is 0 Å². The van der Waals surface area contributed by atoms with Crippen LogP contribution in [0.1, 0.15) is 0 Å². The summed E-state index contributed by atoms with van der Waals surface area (Å²) in [6.45, 7) is 0. The Bertz CT molecular complexity index is 647. The molecule has 2 aromatic rings. The molecule has 2 amide bonds. The summed E-state index contributed by atoms with van der Waals surface area (Å²) in [6, 6.07) is 6.54. The van der Waals surface area contributed by atoms with Gasteiger partial charge in [-0.25, -0.2) is 4.68 Å². The number of thiocyanates is 1. The van der Waals surface area contributed by atoms with E-state index in [-0.39, 0.29) is 0 Å². The van der Waals surface area contributed by atoms with Gasteiger partial charge >= 0.3 is 11.8 Å². The molecule has 0 radical (unpaired) electrons. The van der Waals surface area contributed by atoms with Crippen LogP contribution in [0.4, 0.5) is 5.69 Å². The fourth-order valence-electron chi connectivity index (χ4n) is 1.27. The number of carbonyl (C=O) groups is 2. The Morgan fingerprint density at radius 2 is 1.80 bits per heavy atom. The van der Waals surface area contributed by atoms with Gasteiger partial charge in [-0.15, -0.1) is 10.2 Å². The Kier molecular flexibility index (Phi) is 4.31. The molecule has 0 saturated carbocycles. The van der Waals surface area contributed by atoms with Gasteiger partial charge in [-0.1, -0.05) is 0 Å². The SMILES string of the molecule is N#CSc1ccc(NC(=O)C(=O)Nn2cnnc2)cc1. The molecular weight excluding hydrogens is 280 g/mol. The van der Waals surface area contributed by atoms with Gasteiger partial charge < -0.3 is 5.32 Å². The standard InChI is InChI=1S/C11H8N6O2S/c12-5-20-9-3-1-8(2-4-9)15-10(18)11(19)16-17-6-13-14-7-17/h1-4,6-7H,(H,15,18)(H,16,19). The number of amides is 2. The highest BCUT2D eigenvalue weighted by Crippen LogP contribution is 2.18. The summed E-state index contributed by atoms with van der Waals surface area (Å²) in [4.78, 5) is 23.9. The maximum atomic E-state index is 11.6. The van der Waals surface area contributed by atoms with E-state index in [0.29, 0.717) is 5.69 Å². The number of nitrogens with zero attached hydrogens (tertiary/aromatic N) is 4. The minimum absolute atomic E-state index is 0.455. The lowest BCUT2D eigenvalue weighted by Gasteiger charge is -2.06. The maximum absolute atomic E-state index is 11.6. The highest BCUT2D eigenvalue weighted by Gasteiger charge is 2.13. The molecule has 0 saturated heterocycles. The Hall–Kier alpha value is -2.86.